The molecule has 1 N–H and O–H groups in total. The molecular weight excluding hydrogens is 358 g/mol. The van der Waals surface area contributed by atoms with Gasteiger partial charge in [0.25, 0.3) is 5.91 Å². The van der Waals surface area contributed by atoms with Gasteiger partial charge in [0.15, 0.2) is 6.10 Å². The lowest BCUT2D eigenvalue weighted by Gasteiger charge is -2.17. The molecule has 0 fully saturated rings. The lowest BCUT2D eigenvalue weighted by atomic mass is 10.1. The Morgan fingerprint density at radius 2 is 1.62 bits per heavy atom. The highest BCUT2D eigenvalue weighted by Crippen LogP contribution is 2.29. The Bertz CT molecular complexity index is 799. The van der Waals surface area contributed by atoms with Crippen LogP contribution in [0.3, 0.4) is 0 Å². The van der Waals surface area contributed by atoms with Gasteiger partial charge < -0.3 is 19.5 Å². The number of hydrogen-bond donors (Lipinski definition) is 1. The summed E-state index contributed by atoms with van der Waals surface area (Å²) in [6.45, 7) is 3.27. The van der Waals surface area contributed by atoms with Crippen molar-refractivity contribution in [1.82, 2.24) is 0 Å². The van der Waals surface area contributed by atoms with E-state index in [1.807, 2.05) is 0 Å². The van der Waals surface area contributed by atoms with E-state index in [1.54, 1.807) is 43.3 Å². The summed E-state index contributed by atoms with van der Waals surface area (Å²) in [7, 11) is 2.87. The average Bonchev–Trinajstić information content (AvgIpc) is 2.64. The van der Waals surface area contributed by atoms with E-state index in [-0.39, 0.29) is 5.56 Å². The molecular formula is C19H20ClNO5. The monoisotopic (exact) mass is 377 g/mol. The van der Waals surface area contributed by atoms with Crippen LogP contribution in [0, 0.1) is 6.92 Å². The third-order valence-electron chi connectivity index (χ3n) is 3.81. The summed E-state index contributed by atoms with van der Waals surface area (Å²) in [6.07, 6.45) is -1.03. The maximum atomic E-state index is 12.5. The van der Waals surface area contributed by atoms with Gasteiger partial charge in [-0.15, -0.1) is 0 Å². The molecule has 0 aliphatic heterocycles. The molecule has 0 unspecified atom stereocenters. The molecule has 7 heteroatoms. The number of ether oxygens (including phenoxy) is 3. The van der Waals surface area contributed by atoms with Gasteiger partial charge in [0.1, 0.15) is 17.1 Å². The van der Waals surface area contributed by atoms with E-state index in [4.69, 9.17) is 25.8 Å². The lowest BCUT2D eigenvalue weighted by molar-refractivity contribution is -0.123. The highest BCUT2D eigenvalue weighted by Gasteiger charge is 2.25. The van der Waals surface area contributed by atoms with Crippen LogP contribution < -0.4 is 14.8 Å². The van der Waals surface area contributed by atoms with Crippen LogP contribution in [0.1, 0.15) is 22.8 Å². The van der Waals surface area contributed by atoms with Gasteiger partial charge >= 0.3 is 5.97 Å². The van der Waals surface area contributed by atoms with Gasteiger partial charge in [0, 0.05) is 10.7 Å². The van der Waals surface area contributed by atoms with Gasteiger partial charge in [0.2, 0.25) is 0 Å². The van der Waals surface area contributed by atoms with Crippen molar-refractivity contribution in [3.8, 4) is 11.5 Å². The summed E-state index contributed by atoms with van der Waals surface area (Å²) in [4.78, 5) is 24.9. The van der Waals surface area contributed by atoms with E-state index in [2.05, 4.69) is 5.32 Å². The van der Waals surface area contributed by atoms with Gasteiger partial charge in [-0.1, -0.05) is 23.7 Å². The van der Waals surface area contributed by atoms with Gasteiger partial charge in [-0.3, -0.25) is 4.79 Å². The fraction of sp³-hybridized carbons (Fsp3) is 0.263. The number of rotatable bonds is 6. The molecule has 0 radical (unpaired) electrons. The summed E-state index contributed by atoms with van der Waals surface area (Å²) >= 11 is 6.04. The zero-order valence-corrected chi connectivity index (χ0v) is 15.7. The number of nitrogens with one attached hydrogen (secondary N) is 1. The van der Waals surface area contributed by atoms with E-state index < -0.39 is 18.0 Å². The molecule has 0 aromatic heterocycles. The summed E-state index contributed by atoms with van der Waals surface area (Å²) in [5.74, 6) is -0.595. The minimum atomic E-state index is -1.03. The Morgan fingerprint density at radius 3 is 2.19 bits per heavy atom. The van der Waals surface area contributed by atoms with Crippen molar-refractivity contribution >= 4 is 29.2 Å². The largest absolute Gasteiger partial charge is 0.496 e. The van der Waals surface area contributed by atoms with Crippen molar-refractivity contribution in [3.63, 3.8) is 0 Å². The fourth-order valence-electron chi connectivity index (χ4n) is 2.30. The number of hydrogen-bond acceptors (Lipinski definition) is 5. The Hall–Kier alpha value is -2.73. The van der Waals surface area contributed by atoms with E-state index in [0.29, 0.717) is 22.2 Å². The molecule has 0 bridgehead atoms. The summed E-state index contributed by atoms with van der Waals surface area (Å²) < 4.78 is 15.6. The molecule has 2 rings (SSSR count). The predicted octanol–water partition coefficient (Wildman–Crippen LogP) is 3.85. The first kappa shape index (κ1) is 19.6. The molecule has 26 heavy (non-hydrogen) atoms. The average molecular weight is 378 g/mol. The minimum Gasteiger partial charge on any atom is -0.496 e. The van der Waals surface area contributed by atoms with E-state index in [1.165, 1.54) is 21.1 Å². The van der Waals surface area contributed by atoms with Crippen molar-refractivity contribution in [2.75, 3.05) is 19.5 Å². The van der Waals surface area contributed by atoms with E-state index in [9.17, 15) is 9.59 Å². The van der Waals surface area contributed by atoms with E-state index >= 15 is 0 Å². The molecule has 2 aromatic rings. The molecule has 0 saturated carbocycles. The summed E-state index contributed by atoms with van der Waals surface area (Å²) in [5.41, 5.74) is 1.41. The first-order valence-electron chi connectivity index (χ1n) is 7.87. The minimum absolute atomic E-state index is 0.121. The summed E-state index contributed by atoms with van der Waals surface area (Å²) in [6, 6.07) is 10.1. The third kappa shape index (κ3) is 4.26. The lowest BCUT2D eigenvalue weighted by Crippen LogP contribution is -2.30. The van der Waals surface area contributed by atoms with Crippen molar-refractivity contribution in [1.29, 1.82) is 0 Å². The van der Waals surface area contributed by atoms with Crippen LogP contribution in [0.4, 0.5) is 5.69 Å². The number of carbonyl (C=O) groups excluding carboxylic acids is 2. The highest BCUT2D eigenvalue weighted by molar-refractivity contribution is 6.31. The zero-order valence-electron chi connectivity index (χ0n) is 15.0. The third-order valence-corrected chi connectivity index (χ3v) is 4.22. The molecule has 2 aromatic carbocycles. The maximum Gasteiger partial charge on any atom is 0.346 e. The van der Waals surface area contributed by atoms with Gasteiger partial charge in [0.05, 0.1) is 14.2 Å². The number of amides is 1. The zero-order chi connectivity index (χ0) is 19.3. The highest BCUT2D eigenvalue weighted by atomic mass is 35.5. The first-order valence-corrected chi connectivity index (χ1v) is 8.24. The van der Waals surface area contributed by atoms with Crippen LogP contribution in [0.2, 0.25) is 5.02 Å². The SMILES string of the molecule is COc1cccc(OC)c1C(=O)O[C@@H](C)C(=O)Nc1cccc(Cl)c1C. The van der Waals surface area contributed by atoms with Crippen LogP contribution >= 0.6 is 11.6 Å². The standard InChI is InChI=1S/C19H20ClNO5/c1-11-13(20)7-5-8-14(11)21-18(22)12(2)26-19(23)17-15(24-3)9-6-10-16(17)25-4/h5-10,12H,1-4H3,(H,21,22)/t12-/m0/s1. The van der Waals surface area contributed by atoms with Gasteiger partial charge in [-0.05, 0) is 43.7 Å². The molecule has 0 spiro atoms. The Morgan fingerprint density at radius 1 is 1.04 bits per heavy atom. The quantitative estimate of drug-likeness (QED) is 0.774. The molecule has 0 heterocycles. The molecule has 1 atom stereocenters. The molecule has 1 amide bonds. The number of methoxy groups -OCH3 is 2. The molecule has 0 aliphatic rings. The van der Waals surface area contributed by atoms with Crippen LogP contribution in [0.15, 0.2) is 36.4 Å². The van der Waals surface area contributed by atoms with Crippen LogP contribution in [-0.4, -0.2) is 32.2 Å². The van der Waals surface area contributed by atoms with Crippen molar-refractivity contribution in [2.24, 2.45) is 0 Å². The summed E-state index contributed by atoms with van der Waals surface area (Å²) in [5, 5.41) is 3.24. The topological polar surface area (TPSA) is 73.9 Å². The second kappa shape index (κ2) is 8.58. The van der Waals surface area contributed by atoms with Crippen molar-refractivity contribution in [2.45, 2.75) is 20.0 Å². The fourth-order valence-corrected chi connectivity index (χ4v) is 2.48. The molecule has 6 nitrogen and oxygen atoms in total. The Kier molecular flexibility index (Phi) is 6.46. The number of benzene rings is 2. The van der Waals surface area contributed by atoms with Gasteiger partial charge in [-0.2, -0.15) is 0 Å². The molecule has 0 saturated heterocycles. The number of anilines is 1. The maximum absolute atomic E-state index is 12.5. The van der Waals surface area contributed by atoms with Crippen LogP contribution in [0.5, 0.6) is 11.5 Å². The molecule has 0 aliphatic carbocycles. The number of halogens is 1. The van der Waals surface area contributed by atoms with Gasteiger partial charge in [-0.25, -0.2) is 4.79 Å². The Balaban J connectivity index is 2.14. The smallest absolute Gasteiger partial charge is 0.346 e. The van der Waals surface area contributed by atoms with Crippen molar-refractivity contribution in [3.05, 3.63) is 52.5 Å². The van der Waals surface area contributed by atoms with Crippen LogP contribution in [-0.2, 0) is 9.53 Å². The second-order valence-corrected chi connectivity index (χ2v) is 5.89. The second-order valence-electron chi connectivity index (χ2n) is 5.49. The molecule has 138 valence electrons. The van der Waals surface area contributed by atoms with Crippen LogP contribution in [0.25, 0.3) is 0 Å². The Labute approximate surface area is 157 Å². The number of esters is 1. The number of carbonyl (C=O) groups is 2. The predicted molar refractivity (Wildman–Crippen MR) is 99.2 cm³/mol. The normalized spacial score (nSPS) is 11.4. The van der Waals surface area contributed by atoms with E-state index in [0.717, 1.165) is 5.56 Å². The first-order chi connectivity index (χ1) is 12.4. The van der Waals surface area contributed by atoms with Crippen molar-refractivity contribution < 1.29 is 23.8 Å².